The lowest BCUT2D eigenvalue weighted by atomic mass is 10.2. The van der Waals surface area contributed by atoms with Gasteiger partial charge in [0.25, 0.3) is 0 Å². The summed E-state index contributed by atoms with van der Waals surface area (Å²) in [6.07, 6.45) is 1.59. The number of halogens is 1. The summed E-state index contributed by atoms with van der Waals surface area (Å²) in [7, 11) is 0. The van der Waals surface area contributed by atoms with Gasteiger partial charge in [-0.3, -0.25) is 4.79 Å². The number of aromatic nitrogens is 1. The summed E-state index contributed by atoms with van der Waals surface area (Å²) in [4.78, 5) is 13.0. The van der Waals surface area contributed by atoms with Crippen LogP contribution >= 0.6 is 11.8 Å². The summed E-state index contributed by atoms with van der Waals surface area (Å²) in [6.45, 7) is 3.81. The summed E-state index contributed by atoms with van der Waals surface area (Å²) in [5.41, 5.74) is 5.61. The number of rotatable bonds is 6. The molecule has 3 rings (SSSR count). The van der Waals surface area contributed by atoms with Crippen LogP contribution < -0.4 is 5.43 Å². The number of nitrogens with zero attached hydrogens (tertiary/aromatic N) is 2. The minimum atomic E-state index is -0.283. The number of hydrazone groups is 1. The summed E-state index contributed by atoms with van der Waals surface area (Å²) < 4.78 is 16.0. The number of hydrogen-bond donors (Lipinski definition) is 1. The van der Waals surface area contributed by atoms with Crippen molar-refractivity contribution in [2.24, 2.45) is 5.10 Å². The zero-order chi connectivity index (χ0) is 19.2. The number of amides is 1. The van der Waals surface area contributed by atoms with Crippen LogP contribution in [0.1, 0.15) is 17.0 Å². The SMILES string of the molecule is Cc1cc(/C=N/NC(=O)CSc2ccccc2)c(C)n1-c1ccccc1F. The van der Waals surface area contributed by atoms with Crippen LogP contribution in [0.4, 0.5) is 4.39 Å². The van der Waals surface area contributed by atoms with Crippen LogP contribution in [0.25, 0.3) is 5.69 Å². The summed E-state index contributed by atoms with van der Waals surface area (Å²) in [6, 6.07) is 18.3. The van der Waals surface area contributed by atoms with Crippen molar-refractivity contribution in [2.75, 3.05) is 5.75 Å². The minimum Gasteiger partial charge on any atom is -0.315 e. The van der Waals surface area contributed by atoms with E-state index in [1.54, 1.807) is 24.4 Å². The standard InChI is InChI=1S/C21H20FN3OS/c1-15-12-17(16(2)25(15)20-11-7-6-10-19(20)22)13-23-24-21(26)14-27-18-8-4-3-5-9-18/h3-13H,14H2,1-2H3,(H,24,26)/b23-13+. The van der Waals surface area contributed by atoms with Gasteiger partial charge in [-0.2, -0.15) is 5.10 Å². The zero-order valence-corrected chi connectivity index (χ0v) is 16.0. The van der Waals surface area contributed by atoms with Crippen molar-refractivity contribution in [3.05, 3.63) is 83.4 Å². The smallest absolute Gasteiger partial charge is 0.250 e. The third kappa shape index (κ3) is 4.65. The van der Waals surface area contributed by atoms with E-state index in [9.17, 15) is 9.18 Å². The topological polar surface area (TPSA) is 46.4 Å². The fourth-order valence-electron chi connectivity index (χ4n) is 2.79. The lowest BCUT2D eigenvalue weighted by molar-refractivity contribution is -0.118. The second-order valence-electron chi connectivity index (χ2n) is 6.01. The van der Waals surface area contributed by atoms with Gasteiger partial charge in [0.2, 0.25) is 5.91 Å². The van der Waals surface area contributed by atoms with E-state index < -0.39 is 0 Å². The Labute approximate surface area is 162 Å². The first-order valence-electron chi connectivity index (χ1n) is 8.50. The van der Waals surface area contributed by atoms with E-state index in [4.69, 9.17) is 0 Å². The molecular formula is C21H20FN3OS. The van der Waals surface area contributed by atoms with Crippen molar-refractivity contribution < 1.29 is 9.18 Å². The van der Waals surface area contributed by atoms with E-state index in [0.717, 1.165) is 21.8 Å². The Balaban J connectivity index is 1.65. The van der Waals surface area contributed by atoms with Gasteiger partial charge < -0.3 is 4.57 Å². The number of benzene rings is 2. The molecule has 0 aliphatic heterocycles. The summed E-state index contributed by atoms with van der Waals surface area (Å²) in [5.74, 6) is -0.174. The van der Waals surface area contributed by atoms with E-state index in [2.05, 4.69) is 10.5 Å². The zero-order valence-electron chi connectivity index (χ0n) is 15.1. The van der Waals surface area contributed by atoms with Crippen molar-refractivity contribution >= 4 is 23.9 Å². The van der Waals surface area contributed by atoms with Crippen LogP contribution in [0, 0.1) is 19.7 Å². The van der Waals surface area contributed by atoms with E-state index >= 15 is 0 Å². The Kier molecular flexibility index (Phi) is 6.08. The maximum absolute atomic E-state index is 14.1. The molecule has 0 spiro atoms. The molecule has 3 aromatic rings. The maximum Gasteiger partial charge on any atom is 0.250 e. The molecule has 1 N–H and O–H groups in total. The second kappa shape index (κ2) is 8.68. The van der Waals surface area contributed by atoms with Crippen molar-refractivity contribution in [1.82, 2.24) is 9.99 Å². The maximum atomic E-state index is 14.1. The number of aryl methyl sites for hydroxylation is 1. The number of carbonyl (C=O) groups is 1. The van der Waals surface area contributed by atoms with Crippen LogP contribution in [-0.2, 0) is 4.79 Å². The number of nitrogens with one attached hydrogen (secondary N) is 1. The molecule has 0 atom stereocenters. The van der Waals surface area contributed by atoms with Crippen LogP contribution in [0.5, 0.6) is 0 Å². The van der Waals surface area contributed by atoms with Crippen molar-refractivity contribution in [1.29, 1.82) is 0 Å². The number of hydrogen-bond acceptors (Lipinski definition) is 3. The van der Waals surface area contributed by atoms with Gasteiger partial charge in [-0.15, -0.1) is 11.8 Å². The average Bonchev–Trinajstić information content (AvgIpc) is 2.95. The highest BCUT2D eigenvalue weighted by Crippen LogP contribution is 2.22. The first kappa shape index (κ1) is 18.9. The molecule has 0 saturated heterocycles. The predicted molar refractivity (Wildman–Crippen MR) is 108 cm³/mol. The Morgan fingerprint density at radius 2 is 1.85 bits per heavy atom. The van der Waals surface area contributed by atoms with Gasteiger partial charge in [-0.05, 0) is 44.2 Å². The largest absolute Gasteiger partial charge is 0.315 e. The van der Waals surface area contributed by atoms with Crippen molar-refractivity contribution in [2.45, 2.75) is 18.7 Å². The molecule has 1 aromatic heterocycles. The lowest BCUT2D eigenvalue weighted by Gasteiger charge is -2.10. The first-order valence-corrected chi connectivity index (χ1v) is 9.48. The molecule has 0 aliphatic rings. The molecule has 0 saturated carbocycles. The normalized spacial score (nSPS) is 11.1. The lowest BCUT2D eigenvalue weighted by Crippen LogP contribution is -2.19. The van der Waals surface area contributed by atoms with Crippen LogP contribution in [-0.4, -0.2) is 22.4 Å². The highest BCUT2D eigenvalue weighted by atomic mass is 32.2. The Hall–Kier alpha value is -2.86. The molecule has 0 unspecified atom stereocenters. The van der Waals surface area contributed by atoms with Gasteiger partial charge in [-0.25, -0.2) is 9.82 Å². The van der Waals surface area contributed by atoms with Gasteiger partial charge in [-0.1, -0.05) is 30.3 Å². The molecule has 2 aromatic carbocycles. The van der Waals surface area contributed by atoms with Gasteiger partial charge in [0.05, 0.1) is 17.7 Å². The molecule has 0 radical (unpaired) electrons. The van der Waals surface area contributed by atoms with Gasteiger partial charge >= 0.3 is 0 Å². The molecular weight excluding hydrogens is 361 g/mol. The number of carbonyl (C=O) groups excluding carboxylic acids is 1. The van der Waals surface area contributed by atoms with Gasteiger partial charge in [0, 0.05) is 21.8 Å². The molecule has 0 fully saturated rings. The van der Waals surface area contributed by atoms with Crippen LogP contribution in [0.2, 0.25) is 0 Å². The predicted octanol–water partition coefficient (Wildman–Crippen LogP) is 4.48. The minimum absolute atomic E-state index is 0.178. The van der Waals surface area contributed by atoms with E-state index in [1.165, 1.54) is 17.8 Å². The molecule has 0 aliphatic carbocycles. The highest BCUT2D eigenvalue weighted by molar-refractivity contribution is 8.00. The van der Waals surface area contributed by atoms with E-state index in [0.29, 0.717) is 5.69 Å². The average molecular weight is 381 g/mol. The molecule has 1 amide bonds. The third-order valence-corrected chi connectivity index (χ3v) is 5.08. The molecule has 1 heterocycles. The quantitative estimate of drug-likeness (QED) is 0.389. The molecule has 6 heteroatoms. The van der Waals surface area contributed by atoms with Crippen LogP contribution in [0.3, 0.4) is 0 Å². The summed E-state index contributed by atoms with van der Waals surface area (Å²) >= 11 is 1.45. The highest BCUT2D eigenvalue weighted by Gasteiger charge is 2.12. The van der Waals surface area contributed by atoms with E-state index in [-0.39, 0.29) is 17.5 Å². The first-order chi connectivity index (χ1) is 13.1. The van der Waals surface area contributed by atoms with Crippen molar-refractivity contribution in [3.8, 4) is 5.69 Å². The number of para-hydroxylation sites is 1. The summed E-state index contributed by atoms with van der Waals surface area (Å²) in [5, 5.41) is 4.04. The monoisotopic (exact) mass is 381 g/mol. The van der Waals surface area contributed by atoms with Crippen LogP contribution in [0.15, 0.2) is 70.7 Å². The Morgan fingerprint density at radius 3 is 2.59 bits per heavy atom. The Bertz CT molecular complexity index is 967. The molecule has 27 heavy (non-hydrogen) atoms. The fourth-order valence-corrected chi connectivity index (χ4v) is 3.51. The van der Waals surface area contributed by atoms with E-state index in [1.807, 2.05) is 54.8 Å². The Morgan fingerprint density at radius 1 is 1.15 bits per heavy atom. The molecule has 138 valence electrons. The van der Waals surface area contributed by atoms with Gasteiger partial charge in [0.1, 0.15) is 5.82 Å². The third-order valence-electron chi connectivity index (χ3n) is 4.07. The number of thioether (sulfide) groups is 1. The van der Waals surface area contributed by atoms with Gasteiger partial charge in [0.15, 0.2) is 0 Å². The second-order valence-corrected chi connectivity index (χ2v) is 7.06. The molecule has 0 bridgehead atoms. The molecule has 4 nitrogen and oxygen atoms in total. The fraction of sp³-hybridized carbons (Fsp3) is 0.143. The van der Waals surface area contributed by atoms with Crippen molar-refractivity contribution in [3.63, 3.8) is 0 Å².